The molecule has 0 saturated carbocycles. The molecule has 18 heavy (non-hydrogen) atoms. The lowest BCUT2D eigenvalue weighted by molar-refractivity contribution is -0.131. The summed E-state index contributed by atoms with van der Waals surface area (Å²) in [7, 11) is 0. The average molecular weight is 250 g/mol. The highest BCUT2D eigenvalue weighted by Crippen LogP contribution is 2.20. The van der Waals surface area contributed by atoms with Crippen LogP contribution in [0.4, 0.5) is 0 Å². The van der Waals surface area contributed by atoms with Gasteiger partial charge in [0.05, 0.1) is 0 Å². The van der Waals surface area contributed by atoms with Crippen LogP contribution in [-0.2, 0) is 11.2 Å². The molecule has 0 spiro atoms. The number of hydrogen-bond donors (Lipinski definition) is 3. The molecule has 0 aliphatic heterocycles. The number of carboxylic acids is 1. The van der Waals surface area contributed by atoms with E-state index in [1.54, 1.807) is 12.1 Å². The van der Waals surface area contributed by atoms with Gasteiger partial charge in [0.15, 0.2) is 6.29 Å². The van der Waals surface area contributed by atoms with E-state index in [1.807, 2.05) is 6.07 Å². The Kier molecular flexibility index (Phi) is 5.55. The van der Waals surface area contributed by atoms with Gasteiger partial charge in [-0.1, -0.05) is 31.5 Å². The summed E-state index contributed by atoms with van der Waals surface area (Å²) in [5, 5.41) is 27.2. The Hall–Kier alpha value is -1.65. The number of carboxylic acid groups (broad SMARTS) is 1. The Balaban J connectivity index is 3.00. The zero-order valence-electron chi connectivity index (χ0n) is 10.3. The first-order valence-electron chi connectivity index (χ1n) is 5.94. The molecule has 0 atom stereocenters. The van der Waals surface area contributed by atoms with Crippen LogP contribution in [0.15, 0.2) is 24.3 Å². The first-order chi connectivity index (χ1) is 8.54. The second-order valence-electron chi connectivity index (χ2n) is 4.11. The summed E-state index contributed by atoms with van der Waals surface area (Å²) in [5.41, 5.74) is 1.86. The van der Waals surface area contributed by atoms with Gasteiger partial charge < -0.3 is 15.3 Å². The fourth-order valence-corrected chi connectivity index (χ4v) is 1.70. The van der Waals surface area contributed by atoms with E-state index in [0.717, 1.165) is 30.9 Å². The zero-order chi connectivity index (χ0) is 13.5. The van der Waals surface area contributed by atoms with Crippen LogP contribution >= 0.6 is 0 Å². The largest absolute Gasteiger partial charge is 0.478 e. The fourth-order valence-electron chi connectivity index (χ4n) is 1.70. The first-order valence-corrected chi connectivity index (χ1v) is 5.94. The van der Waals surface area contributed by atoms with E-state index in [0.29, 0.717) is 11.1 Å². The Morgan fingerprint density at radius 2 is 2.11 bits per heavy atom. The maximum absolute atomic E-state index is 10.5. The molecule has 0 aliphatic rings. The van der Waals surface area contributed by atoms with E-state index in [2.05, 4.69) is 6.92 Å². The molecule has 1 aromatic rings. The van der Waals surface area contributed by atoms with Gasteiger partial charge >= 0.3 is 5.97 Å². The van der Waals surface area contributed by atoms with Gasteiger partial charge in [0.1, 0.15) is 0 Å². The molecule has 0 radical (unpaired) electrons. The minimum absolute atomic E-state index is 0.334. The van der Waals surface area contributed by atoms with Crippen molar-refractivity contribution in [2.45, 2.75) is 32.5 Å². The molecule has 3 N–H and O–H groups in total. The number of aliphatic carboxylic acids is 1. The van der Waals surface area contributed by atoms with Crippen molar-refractivity contribution in [1.82, 2.24) is 0 Å². The molecule has 0 bridgehead atoms. The Bertz CT molecular complexity index is 435. The van der Waals surface area contributed by atoms with Gasteiger partial charge in [-0.15, -0.1) is 0 Å². The number of aliphatic hydroxyl groups excluding tert-OH is 1. The van der Waals surface area contributed by atoms with Crippen LogP contribution in [0.1, 0.15) is 42.7 Å². The molecular formula is C14H18O4. The summed E-state index contributed by atoms with van der Waals surface area (Å²) in [4.78, 5) is 10.5. The highest BCUT2D eigenvalue weighted by molar-refractivity contribution is 5.85. The molecule has 0 amide bonds. The van der Waals surface area contributed by atoms with Gasteiger partial charge in [-0.2, -0.15) is 0 Å². The number of aliphatic hydroxyl groups is 2. The number of unbranched alkanes of at least 4 members (excludes halogenated alkanes) is 1. The van der Waals surface area contributed by atoms with Crippen molar-refractivity contribution in [2.75, 3.05) is 0 Å². The number of benzene rings is 1. The molecule has 0 aromatic heterocycles. The molecule has 4 nitrogen and oxygen atoms in total. The second kappa shape index (κ2) is 6.93. The SMILES string of the molecule is CCCCc1ccc(C=CC(=O)O)c(C(O)O)c1. The van der Waals surface area contributed by atoms with Crippen LogP contribution in [0, 0.1) is 0 Å². The quantitative estimate of drug-likeness (QED) is 0.533. The average Bonchev–Trinajstić information content (AvgIpc) is 2.34. The van der Waals surface area contributed by atoms with E-state index in [1.165, 1.54) is 6.08 Å². The number of aryl methyl sites for hydroxylation is 1. The standard InChI is InChI=1S/C14H18O4/c1-2-3-4-10-5-6-11(7-8-13(15)16)12(9-10)14(17)18/h5-9,14,17-18H,2-4H2,1H3,(H,15,16). The maximum Gasteiger partial charge on any atom is 0.328 e. The second-order valence-corrected chi connectivity index (χ2v) is 4.11. The maximum atomic E-state index is 10.5. The third-order valence-electron chi connectivity index (χ3n) is 2.65. The molecule has 98 valence electrons. The highest BCUT2D eigenvalue weighted by Gasteiger charge is 2.09. The number of carbonyl (C=O) groups is 1. The summed E-state index contributed by atoms with van der Waals surface area (Å²) < 4.78 is 0. The fraction of sp³-hybridized carbons (Fsp3) is 0.357. The van der Waals surface area contributed by atoms with Gasteiger partial charge in [-0.25, -0.2) is 4.79 Å². The minimum Gasteiger partial charge on any atom is -0.478 e. The van der Waals surface area contributed by atoms with Crippen LogP contribution in [0.2, 0.25) is 0 Å². The topological polar surface area (TPSA) is 77.8 Å². The van der Waals surface area contributed by atoms with E-state index in [-0.39, 0.29) is 0 Å². The molecule has 1 aromatic carbocycles. The molecule has 0 saturated heterocycles. The van der Waals surface area contributed by atoms with Crippen molar-refractivity contribution >= 4 is 12.0 Å². The third kappa shape index (κ3) is 4.31. The molecule has 0 unspecified atom stereocenters. The summed E-state index contributed by atoms with van der Waals surface area (Å²) >= 11 is 0. The molecule has 0 aliphatic carbocycles. The molecular weight excluding hydrogens is 232 g/mol. The van der Waals surface area contributed by atoms with Gasteiger partial charge in [0, 0.05) is 11.6 Å². The van der Waals surface area contributed by atoms with Crippen molar-refractivity contribution in [3.8, 4) is 0 Å². The smallest absolute Gasteiger partial charge is 0.328 e. The molecule has 4 heteroatoms. The predicted octanol–water partition coefficient (Wildman–Crippen LogP) is 2.11. The Morgan fingerprint density at radius 1 is 1.39 bits per heavy atom. The van der Waals surface area contributed by atoms with Crippen molar-refractivity contribution < 1.29 is 20.1 Å². The normalized spacial score (nSPS) is 11.3. The van der Waals surface area contributed by atoms with E-state index in [4.69, 9.17) is 5.11 Å². The van der Waals surface area contributed by atoms with Crippen molar-refractivity contribution in [3.63, 3.8) is 0 Å². The van der Waals surface area contributed by atoms with Crippen molar-refractivity contribution in [1.29, 1.82) is 0 Å². The van der Waals surface area contributed by atoms with E-state index in [9.17, 15) is 15.0 Å². The van der Waals surface area contributed by atoms with Crippen molar-refractivity contribution in [2.24, 2.45) is 0 Å². The van der Waals surface area contributed by atoms with Crippen LogP contribution in [0.25, 0.3) is 6.08 Å². The van der Waals surface area contributed by atoms with Gasteiger partial charge in [-0.05, 0) is 30.0 Å². The molecule has 0 heterocycles. The van der Waals surface area contributed by atoms with E-state index < -0.39 is 12.3 Å². The summed E-state index contributed by atoms with van der Waals surface area (Å²) in [6.07, 6.45) is 3.72. The van der Waals surface area contributed by atoms with Crippen LogP contribution in [0.3, 0.4) is 0 Å². The number of hydrogen-bond acceptors (Lipinski definition) is 3. The minimum atomic E-state index is -1.60. The third-order valence-corrected chi connectivity index (χ3v) is 2.65. The lowest BCUT2D eigenvalue weighted by Crippen LogP contribution is -2.00. The first kappa shape index (κ1) is 14.4. The monoisotopic (exact) mass is 250 g/mol. The van der Waals surface area contributed by atoms with Crippen LogP contribution in [-0.4, -0.2) is 21.3 Å². The lowest BCUT2D eigenvalue weighted by Gasteiger charge is -2.10. The van der Waals surface area contributed by atoms with Crippen LogP contribution in [0.5, 0.6) is 0 Å². The molecule has 0 fully saturated rings. The lowest BCUT2D eigenvalue weighted by atomic mass is 10.00. The summed E-state index contributed by atoms with van der Waals surface area (Å²) in [6, 6.07) is 5.30. The predicted molar refractivity (Wildman–Crippen MR) is 68.9 cm³/mol. The zero-order valence-corrected chi connectivity index (χ0v) is 10.3. The molecule has 1 rings (SSSR count). The summed E-state index contributed by atoms with van der Waals surface area (Å²) in [5.74, 6) is -1.07. The summed E-state index contributed by atoms with van der Waals surface area (Å²) in [6.45, 7) is 2.09. The van der Waals surface area contributed by atoms with Crippen LogP contribution < -0.4 is 0 Å². The highest BCUT2D eigenvalue weighted by atomic mass is 16.5. The number of rotatable bonds is 6. The van der Waals surface area contributed by atoms with Gasteiger partial charge in [-0.3, -0.25) is 0 Å². The Morgan fingerprint density at radius 3 is 2.67 bits per heavy atom. The van der Waals surface area contributed by atoms with E-state index >= 15 is 0 Å². The van der Waals surface area contributed by atoms with Gasteiger partial charge in [0.2, 0.25) is 0 Å². The van der Waals surface area contributed by atoms with Crippen molar-refractivity contribution in [3.05, 3.63) is 41.0 Å². The Labute approximate surface area is 106 Å². The van der Waals surface area contributed by atoms with Gasteiger partial charge in [0.25, 0.3) is 0 Å².